The van der Waals surface area contributed by atoms with Gasteiger partial charge >= 0.3 is 0 Å². The summed E-state index contributed by atoms with van der Waals surface area (Å²) in [5.41, 5.74) is -5.99. The number of allylic oxidation sites excluding steroid dienone is 1. The lowest BCUT2D eigenvalue weighted by molar-refractivity contribution is -0.200. The van der Waals surface area contributed by atoms with Crippen molar-refractivity contribution in [3.8, 4) is 5.75 Å². The van der Waals surface area contributed by atoms with E-state index in [2.05, 4.69) is 0 Å². The second-order valence-corrected chi connectivity index (χ2v) is 13.4. The molecular weight excluding hydrogens is 524 g/mol. The Morgan fingerprint density at radius 3 is 2.22 bits per heavy atom. The molecule has 1 aromatic rings. The summed E-state index contributed by atoms with van der Waals surface area (Å²) in [4.78, 5) is 55.4. The van der Waals surface area contributed by atoms with Crippen LogP contribution in [-0.2, 0) is 19.2 Å². The van der Waals surface area contributed by atoms with Gasteiger partial charge in [0.05, 0.1) is 5.56 Å². The molecule has 0 amide bonds. The Balaban J connectivity index is 1.91. The maximum Gasteiger partial charge on any atom is 0.203 e. The van der Waals surface area contributed by atoms with Crippen molar-refractivity contribution in [3.63, 3.8) is 0 Å². The van der Waals surface area contributed by atoms with Crippen molar-refractivity contribution in [2.75, 3.05) is 0 Å². The third-order valence-electron chi connectivity index (χ3n) is 11.2. The zero-order valence-corrected chi connectivity index (χ0v) is 24.6. The van der Waals surface area contributed by atoms with E-state index in [0.717, 1.165) is 32.6 Å². The summed E-state index contributed by atoms with van der Waals surface area (Å²) in [7, 11) is 0. The Labute approximate surface area is 240 Å². The minimum Gasteiger partial charge on any atom is -0.508 e. The van der Waals surface area contributed by atoms with E-state index in [1.54, 1.807) is 39.8 Å². The second kappa shape index (κ2) is 9.38. The quantitative estimate of drug-likeness (QED) is 0.360. The molecule has 1 unspecified atom stereocenters. The number of benzene rings is 1. The molecule has 41 heavy (non-hydrogen) atoms. The fraction of sp³-hybridized carbons (Fsp3) is 0.576. The van der Waals surface area contributed by atoms with Crippen LogP contribution in [-0.4, -0.2) is 49.2 Å². The Morgan fingerprint density at radius 2 is 1.66 bits per heavy atom. The average Bonchev–Trinajstić information content (AvgIpc) is 3.43. The number of aliphatic hydroxyl groups excluding tert-OH is 2. The summed E-state index contributed by atoms with van der Waals surface area (Å²) in [6.07, 6.45) is 3.21. The van der Waals surface area contributed by atoms with Gasteiger partial charge in [-0.1, -0.05) is 59.6 Å². The molecule has 0 saturated heterocycles. The minimum absolute atomic E-state index is 0.0461. The van der Waals surface area contributed by atoms with Gasteiger partial charge in [0.15, 0.2) is 17.2 Å². The Kier molecular flexibility index (Phi) is 6.69. The molecule has 2 saturated carbocycles. The molecule has 0 spiro atoms. The summed E-state index contributed by atoms with van der Waals surface area (Å²) < 4.78 is 0. The first-order chi connectivity index (χ1) is 19.1. The van der Waals surface area contributed by atoms with Crippen molar-refractivity contribution >= 4 is 28.9 Å². The first-order valence-electron chi connectivity index (χ1n) is 14.6. The van der Waals surface area contributed by atoms with E-state index in [9.17, 15) is 39.6 Å². The third-order valence-corrected chi connectivity index (χ3v) is 11.2. The second-order valence-electron chi connectivity index (χ2n) is 13.4. The maximum atomic E-state index is 14.7. The van der Waals surface area contributed by atoms with Gasteiger partial charge in [0, 0.05) is 34.7 Å². The van der Waals surface area contributed by atoms with Gasteiger partial charge in [0.1, 0.15) is 28.6 Å². The lowest BCUT2D eigenvalue weighted by Gasteiger charge is -2.65. The van der Waals surface area contributed by atoms with Crippen molar-refractivity contribution in [2.24, 2.45) is 34.5 Å². The molecule has 1 aromatic carbocycles. The summed E-state index contributed by atoms with van der Waals surface area (Å²) in [5, 5.41) is 46.6. The van der Waals surface area contributed by atoms with Gasteiger partial charge in [-0.2, -0.15) is 0 Å². The van der Waals surface area contributed by atoms with Gasteiger partial charge in [0.25, 0.3) is 0 Å². The zero-order chi connectivity index (χ0) is 30.4. The molecule has 8 heteroatoms. The number of aliphatic hydroxyl groups is 3. The molecule has 6 atom stereocenters. The van der Waals surface area contributed by atoms with Gasteiger partial charge in [-0.25, -0.2) is 0 Å². The lowest BCUT2D eigenvalue weighted by Crippen LogP contribution is -2.73. The third kappa shape index (κ3) is 3.49. The monoisotopic (exact) mass is 564 g/mol. The summed E-state index contributed by atoms with van der Waals surface area (Å²) >= 11 is 0. The maximum absolute atomic E-state index is 14.7. The van der Waals surface area contributed by atoms with Gasteiger partial charge in [-0.3, -0.25) is 19.2 Å². The smallest absolute Gasteiger partial charge is 0.203 e. The van der Waals surface area contributed by atoms with Crippen LogP contribution in [0.5, 0.6) is 5.75 Å². The predicted octanol–water partition coefficient (Wildman–Crippen LogP) is 5.13. The molecule has 4 N–H and O–H groups in total. The molecule has 4 aliphatic rings. The minimum atomic E-state index is -2.78. The van der Waals surface area contributed by atoms with Crippen LogP contribution in [0.3, 0.4) is 0 Å². The number of hydrogen-bond donors (Lipinski definition) is 4. The number of phenolic OH excluding ortho intramolecular Hbond substituents is 1. The highest BCUT2D eigenvalue weighted by molar-refractivity contribution is 6.24. The predicted molar refractivity (Wildman–Crippen MR) is 151 cm³/mol. The molecule has 8 nitrogen and oxygen atoms in total. The topological polar surface area (TPSA) is 149 Å². The molecule has 0 bridgehead atoms. The van der Waals surface area contributed by atoms with E-state index < -0.39 is 74.5 Å². The molecule has 220 valence electrons. The van der Waals surface area contributed by atoms with E-state index in [-0.39, 0.29) is 35.0 Å². The molecule has 0 heterocycles. The number of carbonyl (C=O) groups excluding carboxylic acids is 4. The fourth-order valence-electron chi connectivity index (χ4n) is 9.13. The number of ketones is 4. The van der Waals surface area contributed by atoms with Crippen LogP contribution < -0.4 is 0 Å². The molecule has 2 fully saturated rings. The number of aromatic hydroxyl groups is 1. The Bertz CT molecular complexity index is 1440. The first kappa shape index (κ1) is 29.2. The Morgan fingerprint density at radius 1 is 1.05 bits per heavy atom. The number of carbonyl (C=O) groups is 4. The molecular formula is C33H40O8. The average molecular weight is 565 g/mol. The van der Waals surface area contributed by atoms with Gasteiger partial charge < -0.3 is 20.4 Å². The van der Waals surface area contributed by atoms with Crippen LogP contribution in [0.15, 0.2) is 35.1 Å². The normalized spacial score (nSPS) is 35.5. The summed E-state index contributed by atoms with van der Waals surface area (Å²) in [6.45, 7) is 9.82. The van der Waals surface area contributed by atoms with Crippen LogP contribution >= 0.6 is 0 Å². The van der Waals surface area contributed by atoms with Crippen LogP contribution in [0, 0.1) is 34.5 Å². The Hall–Kier alpha value is -3.26. The van der Waals surface area contributed by atoms with E-state index in [1.165, 1.54) is 6.07 Å². The van der Waals surface area contributed by atoms with Crippen molar-refractivity contribution in [3.05, 3.63) is 46.2 Å². The lowest BCUT2D eigenvalue weighted by atomic mass is 9.37. The van der Waals surface area contributed by atoms with Gasteiger partial charge in [0.2, 0.25) is 5.78 Å². The SMILES string of the molecule is CC(=O)C1=C(O)[C@]2(O)C(=O)C3=C(O)c4c(O)cccc4[C@@H](C)[C@]3(C)[C@@H](CC(=O)C3CCCC3)[C@]2(C)C(C(C)C)C1=O. The van der Waals surface area contributed by atoms with Crippen LogP contribution in [0.2, 0.25) is 0 Å². The van der Waals surface area contributed by atoms with Crippen molar-refractivity contribution in [2.45, 2.75) is 85.2 Å². The molecule has 0 radical (unpaired) electrons. The zero-order valence-electron chi connectivity index (χ0n) is 24.6. The van der Waals surface area contributed by atoms with E-state index in [0.29, 0.717) is 5.56 Å². The molecule has 0 aromatic heterocycles. The van der Waals surface area contributed by atoms with Crippen molar-refractivity contribution < 1.29 is 39.6 Å². The van der Waals surface area contributed by atoms with E-state index in [4.69, 9.17) is 0 Å². The van der Waals surface area contributed by atoms with E-state index >= 15 is 0 Å². The highest BCUT2D eigenvalue weighted by Gasteiger charge is 2.76. The highest BCUT2D eigenvalue weighted by Crippen LogP contribution is 2.71. The standard InChI is InChI=1S/C33H40O8/c1-15(2)25-27(37)23(17(4)34)29(39)33(41)30(40)26-28(38)24-19(12-9-13-20(24)35)16(3)31(26,5)22(32(25,33)6)14-21(36)18-10-7-8-11-18/h9,12-13,15-16,18,22,25,35,38-39,41H,7-8,10-11,14H2,1-6H3/t16-,22-,25?,31-,32-,33+/m1/s1. The van der Waals surface area contributed by atoms with Crippen molar-refractivity contribution in [1.82, 2.24) is 0 Å². The van der Waals surface area contributed by atoms with Gasteiger partial charge in [-0.05, 0) is 49.1 Å². The fourth-order valence-corrected chi connectivity index (χ4v) is 9.13. The van der Waals surface area contributed by atoms with Crippen LogP contribution in [0.25, 0.3) is 5.76 Å². The van der Waals surface area contributed by atoms with Crippen LogP contribution in [0.1, 0.15) is 90.7 Å². The van der Waals surface area contributed by atoms with Crippen molar-refractivity contribution in [1.29, 1.82) is 0 Å². The highest BCUT2D eigenvalue weighted by atomic mass is 16.3. The number of fused-ring (bicyclic) bond motifs is 3. The molecule has 0 aliphatic heterocycles. The largest absolute Gasteiger partial charge is 0.508 e. The summed E-state index contributed by atoms with van der Waals surface area (Å²) in [6, 6.07) is 4.78. The summed E-state index contributed by atoms with van der Waals surface area (Å²) in [5.74, 6) is -7.54. The molecule has 4 aliphatic carbocycles. The number of hydrogen-bond acceptors (Lipinski definition) is 8. The molecule has 5 rings (SSSR count). The van der Waals surface area contributed by atoms with Crippen LogP contribution in [0.4, 0.5) is 0 Å². The first-order valence-corrected chi connectivity index (χ1v) is 14.6. The number of phenols is 1. The van der Waals surface area contributed by atoms with Gasteiger partial charge in [-0.15, -0.1) is 0 Å². The number of rotatable bonds is 5. The number of Topliss-reactive ketones (excluding diaryl/α,β-unsaturated/α-hetero) is 4. The van der Waals surface area contributed by atoms with E-state index in [1.807, 2.05) is 6.92 Å².